The number of piperidine rings is 1. The summed E-state index contributed by atoms with van der Waals surface area (Å²) in [6.45, 7) is 6.00. The fraction of sp³-hybridized carbons (Fsp3) is 0.944. The molecule has 1 amide bonds. The number of hydroxylamine groups is 2. The first-order valence-corrected chi connectivity index (χ1v) is 9.69. The zero-order chi connectivity index (χ0) is 15.9. The van der Waals surface area contributed by atoms with E-state index in [4.69, 9.17) is 4.84 Å². The van der Waals surface area contributed by atoms with Gasteiger partial charge in [-0.3, -0.25) is 9.63 Å². The molecule has 23 heavy (non-hydrogen) atoms. The van der Waals surface area contributed by atoms with Crippen LogP contribution < -0.4 is 5.32 Å². The second-order valence-corrected chi connectivity index (χ2v) is 7.54. The van der Waals surface area contributed by atoms with Crippen LogP contribution in [0.25, 0.3) is 0 Å². The standard InChI is InChI=1S/C18H33N3O2/c22-18(9-12-21-11-5-13-23-21)19-17-8-4-10-20(15-17)14-16-6-2-1-3-7-16/h16-17H,1-15H2,(H,19,22)/t17-/m0/s1. The number of hydrogen-bond acceptors (Lipinski definition) is 4. The molecule has 3 aliphatic rings. The Morgan fingerprint density at radius 3 is 2.70 bits per heavy atom. The van der Waals surface area contributed by atoms with Gasteiger partial charge >= 0.3 is 0 Å². The minimum atomic E-state index is 0.185. The zero-order valence-corrected chi connectivity index (χ0v) is 14.5. The molecule has 0 aromatic heterocycles. The molecular weight excluding hydrogens is 290 g/mol. The van der Waals surface area contributed by atoms with Crippen molar-refractivity contribution in [1.82, 2.24) is 15.3 Å². The highest BCUT2D eigenvalue weighted by atomic mass is 16.7. The molecule has 0 unspecified atom stereocenters. The molecule has 2 aliphatic heterocycles. The largest absolute Gasteiger partial charge is 0.352 e. The molecule has 1 aliphatic carbocycles. The molecule has 2 heterocycles. The van der Waals surface area contributed by atoms with Crippen LogP contribution in [-0.4, -0.2) is 61.2 Å². The third-order valence-electron chi connectivity index (χ3n) is 5.53. The zero-order valence-electron chi connectivity index (χ0n) is 14.5. The highest BCUT2D eigenvalue weighted by molar-refractivity contribution is 5.76. The van der Waals surface area contributed by atoms with Crippen molar-refractivity contribution in [3.8, 4) is 0 Å². The van der Waals surface area contributed by atoms with E-state index >= 15 is 0 Å². The van der Waals surface area contributed by atoms with E-state index in [1.807, 2.05) is 5.06 Å². The highest BCUT2D eigenvalue weighted by Crippen LogP contribution is 2.25. The molecule has 0 bridgehead atoms. The minimum Gasteiger partial charge on any atom is -0.352 e. The van der Waals surface area contributed by atoms with Crippen LogP contribution in [0.3, 0.4) is 0 Å². The lowest BCUT2D eigenvalue weighted by molar-refractivity contribution is -0.131. The number of carbonyl (C=O) groups excluding carboxylic acids is 1. The van der Waals surface area contributed by atoms with Gasteiger partial charge in [0.15, 0.2) is 0 Å². The van der Waals surface area contributed by atoms with Gasteiger partial charge in [-0.1, -0.05) is 19.3 Å². The van der Waals surface area contributed by atoms with Gasteiger partial charge in [0.05, 0.1) is 6.61 Å². The summed E-state index contributed by atoms with van der Waals surface area (Å²) in [5.41, 5.74) is 0. The van der Waals surface area contributed by atoms with Crippen LogP contribution in [0.1, 0.15) is 57.8 Å². The van der Waals surface area contributed by atoms with Crippen molar-refractivity contribution in [3.05, 3.63) is 0 Å². The maximum absolute atomic E-state index is 12.2. The Morgan fingerprint density at radius 2 is 1.91 bits per heavy atom. The Labute approximate surface area is 140 Å². The van der Waals surface area contributed by atoms with Crippen LogP contribution in [0, 0.1) is 5.92 Å². The second-order valence-electron chi connectivity index (χ2n) is 7.54. The van der Waals surface area contributed by atoms with E-state index in [1.165, 1.54) is 51.6 Å². The summed E-state index contributed by atoms with van der Waals surface area (Å²) in [5.74, 6) is 1.08. The Hall–Kier alpha value is -0.650. The number of nitrogens with one attached hydrogen (secondary N) is 1. The summed E-state index contributed by atoms with van der Waals surface area (Å²) >= 11 is 0. The minimum absolute atomic E-state index is 0.185. The third kappa shape index (κ3) is 5.73. The van der Waals surface area contributed by atoms with Crippen molar-refractivity contribution in [2.75, 3.05) is 39.3 Å². The van der Waals surface area contributed by atoms with Crippen LogP contribution in [0.5, 0.6) is 0 Å². The number of hydrogen-bond donors (Lipinski definition) is 1. The van der Waals surface area contributed by atoms with Crippen LogP contribution in [0.4, 0.5) is 0 Å². The Bertz CT molecular complexity index is 365. The Morgan fingerprint density at radius 1 is 1.04 bits per heavy atom. The van der Waals surface area contributed by atoms with E-state index < -0.39 is 0 Å². The smallest absolute Gasteiger partial charge is 0.221 e. The average molecular weight is 323 g/mol. The molecule has 5 nitrogen and oxygen atoms in total. The molecular formula is C18H33N3O2. The van der Waals surface area contributed by atoms with Crippen LogP contribution in [-0.2, 0) is 9.63 Å². The van der Waals surface area contributed by atoms with Crippen molar-refractivity contribution in [2.24, 2.45) is 5.92 Å². The molecule has 3 fully saturated rings. The van der Waals surface area contributed by atoms with Gasteiger partial charge in [0.1, 0.15) is 0 Å². The Balaban J connectivity index is 1.34. The van der Waals surface area contributed by atoms with Crippen LogP contribution in [0.2, 0.25) is 0 Å². The molecule has 0 aromatic carbocycles. The quantitative estimate of drug-likeness (QED) is 0.814. The molecule has 3 rings (SSSR count). The molecule has 1 saturated carbocycles. The van der Waals surface area contributed by atoms with E-state index in [0.717, 1.165) is 45.0 Å². The van der Waals surface area contributed by atoms with Crippen molar-refractivity contribution in [1.29, 1.82) is 0 Å². The van der Waals surface area contributed by atoms with E-state index in [2.05, 4.69) is 10.2 Å². The Kier molecular flexibility index (Phi) is 6.72. The summed E-state index contributed by atoms with van der Waals surface area (Å²) in [4.78, 5) is 20.2. The summed E-state index contributed by atoms with van der Waals surface area (Å²) in [6.07, 6.45) is 11.1. The maximum Gasteiger partial charge on any atom is 0.221 e. The lowest BCUT2D eigenvalue weighted by Crippen LogP contribution is -2.49. The van der Waals surface area contributed by atoms with Crippen molar-refractivity contribution >= 4 is 5.91 Å². The number of likely N-dealkylation sites (tertiary alicyclic amines) is 1. The molecule has 0 radical (unpaired) electrons. The normalized spacial score (nSPS) is 28.1. The van der Waals surface area contributed by atoms with Gasteiger partial charge in [-0.25, -0.2) is 0 Å². The number of amides is 1. The van der Waals surface area contributed by atoms with Crippen molar-refractivity contribution < 1.29 is 9.63 Å². The van der Waals surface area contributed by atoms with Gasteiger partial charge in [0, 0.05) is 38.6 Å². The number of nitrogens with zero attached hydrogens (tertiary/aromatic N) is 2. The van der Waals surface area contributed by atoms with Gasteiger partial charge < -0.3 is 10.2 Å². The lowest BCUT2D eigenvalue weighted by Gasteiger charge is -2.36. The van der Waals surface area contributed by atoms with Gasteiger partial charge in [-0.15, -0.1) is 0 Å². The summed E-state index contributed by atoms with van der Waals surface area (Å²) < 4.78 is 0. The number of rotatable bonds is 6. The van der Waals surface area contributed by atoms with E-state index in [9.17, 15) is 4.79 Å². The van der Waals surface area contributed by atoms with Gasteiger partial charge in [-0.05, 0) is 44.6 Å². The van der Waals surface area contributed by atoms with E-state index in [-0.39, 0.29) is 5.91 Å². The fourth-order valence-electron chi connectivity index (χ4n) is 4.28. The predicted molar refractivity (Wildman–Crippen MR) is 90.9 cm³/mol. The summed E-state index contributed by atoms with van der Waals surface area (Å²) in [5, 5.41) is 5.17. The van der Waals surface area contributed by atoms with Crippen LogP contribution in [0.15, 0.2) is 0 Å². The number of carbonyl (C=O) groups is 1. The van der Waals surface area contributed by atoms with E-state index in [0.29, 0.717) is 12.5 Å². The molecule has 0 spiro atoms. The fourth-order valence-corrected chi connectivity index (χ4v) is 4.28. The first-order valence-electron chi connectivity index (χ1n) is 9.69. The first kappa shape index (κ1) is 17.2. The third-order valence-corrected chi connectivity index (χ3v) is 5.53. The van der Waals surface area contributed by atoms with Crippen molar-refractivity contribution in [2.45, 2.75) is 63.8 Å². The van der Waals surface area contributed by atoms with E-state index in [1.54, 1.807) is 0 Å². The molecule has 0 aromatic rings. The molecule has 132 valence electrons. The monoisotopic (exact) mass is 323 g/mol. The van der Waals surface area contributed by atoms with Crippen molar-refractivity contribution in [3.63, 3.8) is 0 Å². The molecule has 1 N–H and O–H groups in total. The van der Waals surface area contributed by atoms with Gasteiger partial charge in [0.2, 0.25) is 5.91 Å². The average Bonchev–Trinajstić information content (AvgIpc) is 3.08. The molecule has 2 saturated heterocycles. The van der Waals surface area contributed by atoms with Gasteiger partial charge in [-0.2, -0.15) is 5.06 Å². The summed E-state index contributed by atoms with van der Waals surface area (Å²) in [7, 11) is 0. The maximum atomic E-state index is 12.2. The van der Waals surface area contributed by atoms with Crippen LogP contribution >= 0.6 is 0 Å². The lowest BCUT2D eigenvalue weighted by atomic mass is 9.88. The first-order chi connectivity index (χ1) is 11.3. The second kappa shape index (κ2) is 9.00. The van der Waals surface area contributed by atoms with Gasteiger partial charge in [0.25, 0.3) is 0 Å². The SMILES string of the molecule is O=C(CCN1CCCO1)N[C@H]1CCCN(CC2CCCCC2)C1. The predicted octanol–water partition coefficient (Wildman–Crippen LogP) is 2.17. The molecule has 5 heteroatoms. The topological polar surface area (TPSA) is 44.8 Å². The molecule has 1 atom stereocenters. The highest BCUT2D eigenvalue weighted by Gasteiger charge is 2.24. The summed E-state index contributed by atoms with van der Waals surface area (Å²) in [6, 6.07) is 0.347.